The van der Waals surface area contributed by atoms with Gasteiger partial charge in [0.1, 0.15) is 6.04 Å². The fourth-order valence-electron chi connectivity index (χ4n) is 11.2. The summed E-state index contributed by atoms with van der Waals surface area (Å²) in [5.41, 5.74) is 6.93. The first-order valence-corrected chi connectivity index (χ1v) is 19.2. The van der Waals surface area contributed by atoms with E-state index in [1.807, 2.05) is 30.3 Å². The second-order valence-electron chi connectivity index (χ2n) is 16.4. The van der Waals surface area contributed by atoms with Gasteiger partial charge < -0.3 is 37.2 Å². The zero-order valence-electron chi connectivity index (χ0n) is 29.9. The summed E-state index contributed by atoms with van der Waals surface area (Å²) in [6.07, 6.45) is 10.5. The maximum Gasteiger partial charge on any atom is 0.326 e. The molecule has 0 aliphatic heterocycles. The number of benzene rings is 1. The van der Waals surface area contributed by atoms with Gasteiger partial charge in [0, 0.05) is 58.2 Å². The van der Waals surface area contributed by atoms with E-state index < -0.39 is 12.0 Å². The van der Waals surface area contributed by atoms with Crippen molar-refractivity contribution in [3.05, 3.63) is 35.9 Å². The summed E-state index contributed by atoms with van der Waals surface area (Å²) >= 11 is 0. The molecule has 5 unspecified atom stereocenters. The fourth-order valence-corrected chi connectivity index (χ4v) is 11.2. The van der Waals surface area contributed by atoms with Crippen molar-refractivity contribution < 1.29 is 19.8 Å². The Bertz CT molecular complexity index is 1190. The molecule has 0 aromatic heterocycles. The third kappa shape index (κ3) is 8.45. The molecule has 9 nitrogen and oxygen atoms in total. The molecule has 0 spiro atoms. The molecule has 0 bridgehead atoms. The molecule has 48 heavy (non-hydrogen) atoms. The van der Waals surface area contributed by atoms with E-state index in [1.54, 1.807) is 0 Å². The van der Waals surface area contributed by atoms with Crippen LogP contribution in [0, 0.1) is 46.3 Å². The summed E-state index contributed by atoms with van der Waals surface area (Å²) in [7, 11) is 0. The Labute approximate surface area is 289 Å². The largest absolute Gasteiger partial charge is 0.480 e. The monoisotopic (exact) mass is 668 g/mol. The van der Waals surface area contributed by atoms with Gasteiger partial charge in [-0.1, -0.05) is 51.1 Å². The van der Waals surface area contributed by atoms with Gasteiger partial charge in [-0.05, 0) is 110 Å². The van der Waals surface area contributed by atoms with E-state index in [0.29, 0.717) is 59.9 Å². The van der Waals surface area contributed by atoms with Gasteiger partial charge in [0.2, 0.25) is 5.91 Å². The number of carbonyl (C=O) groups excluding carboxylic acids is 1. The number of nitrogens with one attached hydrogen (secondary N) is 4. The van der Waals surface area contributed by atoms with Crippen molar-refractivity contribution in [3.8, 4) is 0 Å². The Morgan fingerprint density at radius 3 is 2.33 bits per heavy atom. The Hall–Kier alpha value is -2.04. The third-order valence-corrected chi connectivity index (χ3v) is 13.7. The summed E-state index contributed by atoms with van der Waals surface area (Å²) in [5.74, 6) is 1.81. The van der Waals surface area contributed by atoms with E-state index in [2.05, 4.69) is 42.0 Å². The number of hydrogen-bond donors (Lipinski definition) is 7. The van der Waals surface area contributed by atoms with Crippen LogP contribution in [-0.4, -0.2) is 79.5 Å². The van der Waals surface area contributed by atoms with Crippen LogP contribution in [0.3, 0.4) is 0 Å². The highest BCUT2D eigenvalue weighted by atomic mass is 16.4. The highest BCUT2D eigenvalue weighted by Gasteiger charge is 2.62. The van der Waals surface area contributed by atoms with Crippen LogP contribution < -0.4 is 27.0 Å². The number of nitrogens with two attached hydrogens (primary N) is 1. The van der Waals surface area contributed by atoms with Gasteiger partial charge >= 0.3 is 5.97 Å². The van der Waals surface area contributed by atoms with E-state index in [1.165, 1.54) is 38.5 Å². The SMILES string of the molecule is CC(CCC(=O)NC(Cc1ccccc1)C(=O)O)[C@H]1CCC2C3C(CC[C@@]21C)[C@@]1(C)CC[C@H](NCCNCCNCCN)C[C@H]1C[C@H]3O. The summed E-state index contributed by atoms with van der Waals surface area (Å²) in [5, 5.41) is 35.0. The average molecular weight is 668 g/mol. The minimum Gasteiger partial charge on any atom is -0.480 e. The predicted molar refractivity (Wildman–Crippen MR) is 191 cm³/mol. The molecule has 4 saturated carbocycles. The molecule has 4 aliphatic carbocycles. The van der Waals surface area contributed by atoms with Crippen LogP contribution in [0.4, 0.5) is 0 Å². The number of fused-ring (bicyclic) bond motifs is 5. The van der Waals surface area contributed by atoms with Gasteiger partial charge in [-0.2, -0.15) is 0 Å². The van der Waals surface area contributed by atoms with E-state index in [-0.39, 0.29) is 23.8 Å². The Kier molecular flexibility index (Phi) is 13.0. The van der Waals surface area contributed by atoms with Gasteiger partial charge in [0.15, 0.2) is 0 Å². The number of aliphatic carboxylic acids is 1. The van der Waals surface area contributed by atoms with Crippen LogP contribution in [0.2, 0.25) is 0 Å². The molecule has 4 aliphatic rings. The van der Waals surface area contributed by atoms with Gasteiger partial charge in [-0.15, -0.1) is 0 Å². The lowest BCUT2D eigenvalue weighted by Gasteiger charge is -2.62. The molecular formula is C39H65N5O4. The highest BCUT2D eigenvalue weighted by Crippen LogP contribution is 2.68. The van der Waals surface area contributed by atoms with Crippen LogP contribution in [0.1, 0.15) is 90.5 Å². The van der Waals surface area contributed by atoms with Crippen LogP contribution in [0.15, 0.2) is 30.3 Å². The zero-order chi connectivity index (χ0) is 34.3. The molecule has 8 N–H and O–H groups in total. The van der Waals surface area contributed by atoms with Crippen LogP contribution in [0.25, 0.3) is 0 Å². The smallest absolute Gasteiger partial charge is 0.326 e. The van der Waals surface area contributed by atoms with Crippen molar-refractivity contribution in [2.75, 3.05) is 39.3 Å². The zero-order valence-corrected chi connectivity index (χ0v) is 29.9. The molecule has 11 atom stereocenters. The van der Waals surface area contributed by atoms with Gasteiger partial charge in [-0.25, -0.2) is 4.79 Å². The molecule has 0 heterocycles. The van der Waals surface area contributed by atoms with E-state index in [0.717, 1.165) is 57.5 Å². The summed E-state index contributed by atoms with van der Waals surface area (Å²) in [4.78, 5) is 24.9. The number of carbonyl (C=O) groups is 2. The summed E-state index contributed by atoms with van der Waals surface area (Å²) in [6, 6.07) is 9.10. The van der Waals surface area contributed by atoms with Crippen molar-refractivity contribution in [2.24, 2.45) is 52.1 Å². The second kappa shape index (κ2) is 16.8. The number of hydrogen-bond acceptors (Lipinski definition) is 7. The quantitative estimate of drug-likeness (QED) is 0.124. The molecule has 5 rings (SSSR count). The molecular weight excluding hydrogens is 602 g/mol. The lowest BCUT2D eigenvalue weighted by atomic mass is 9.43. The normalized spacial score (nSPS) is 35.6. The van der Waals surface area contributed by atoms with E-state index in [9.17, 15) is 19.8 Å². The fraction of sp³-hybridized carbons (Fsp3) is 0.795. The molecule has 1 amide bonds. The minimum atomic E-state index is -0.995. The van der Waals surface area contributed by atoms with E-state index in [4.69, 9.17) is 5.73 Å². The molecule has 4 fully saturated rings. The van der Waals surface area contributed by atoms with Crippen LogP contribution in [-0.2, 0) is 16.0 Å². The first kappa shape index (κ1) is 37.2. The Balaban J connectivity index is 1.11. The molecule has 0 saturated heterocycles. The highest BCUT2D eigenvalue weighted by molar-refractivity contribution is 5.83. The Morgan fingerprint density at radius 2 is 1.60 bits per heavy atom. The van der Waals surface area contributed by atoms with E-state index >= 15 is 0 Å². The van der Waals surface area contributed by atoms with Crippen molar-refractivity contribution in [1.29, 1.82) is 0 Å². The summed E-state index contributed by atoms with van der Waals surface area (Å²) < 4.78 is 0. The molecule has 1 aromatic carbocycles. The molecule has 9 heteroatoms. The molecule has 270 valence electrons. The number of aliphatic hydroxyl groups excluding tert-OH is 1. The van der Waals surface area contributed by atoms with Crippen LogP contribution in [0.5, 0.6) is 0 Å². The first-order chi connectivity index (χ1) is 23.1. The molecule has 0 radical (unpaired) electrons. The van der Waals surface area contributed by atoms with Crippen molar-refractivity contribution in [2.45, 2.75) is 110 Å². The van der Waals surface area contributed by atoms with Gasteiger partial charge in [0.05, 0.1) is 6.10 Å². The van der Waals surface area contributed by atoms with Gasteiger partial charge in [0.25, 0.3) is 0 Å². The first-order valence-electron chi connectivity index (χ1n) is 19.2. The predicted octanol–water partition coefficient (Wildman–Crippen LogP) is 3.94. The lowest BCUT2D eigenvalue weighted by molar-refractivity contribution is -0.167. The number of aliphatic hydroxyl groups is 1. The Morgan fingerprint density at radius 1 is 0.917 bits per heavy atom. The maximum absolute atomic E-state index is 13.0. The van der Waals surface area contributed by atoms with Crippen molar-refractivity contribution >= 4 is 11.9 Å². The van der Waals surface area contributed by atoms with Crippen LogP contribution >= 0.6 is 0 Å². The summed E-state index contributed by atoms with van der Waals surface area (Å²) in [6.45, 7) is 12.8. The van der Waals surface area contributed by atoms with Crippen molar-refractivity contribution in [3.63, 3.8) is 0 Å². The number of carboxylic acids is 1. The third-order valence-electron chi connectivity index (χ3n) is 13.7. The standard InChI is InChI=1S/C39H65N5O4/c1-26(9-12-35(46)44-33(37(47)48)23-27-7-5-4-6-8-27)30-10-11-31-36-32(14-16-39(30,31)3)38(2)15-13-29(24-28(38)25-34(36)45)43-22-21-42-20-19-41-18-17-40/h4-8,26,28-34,36,41-43,45H,9-25,40H2,1-3H3,(H,44,46)(H,47,48)/t26?,28-,29-,30+,31?,32?,33?,34+,36?,38-,39+/m0/s1. The number of carboxylic acid groups (broad SMARTS) is 1. The topological polar surface area (TPSA) is 149 Å². The molecule has 1 aromatic rings. The number of rotatable bonds is 17. The second-order valence-corrected chi connectivity index (χ2v) is 16.4. The minimum absolute atomic E-state index is 0.174. The van der Waals surface area contributed by atoms with Gasteiger partial charge in [-0.3, -0.25) is 4.79 Å². The lowest BCUT2D eigenvalue weighted by Crippen LogP contribution is -2.59. The maximum atomic E-state index is 13.0. The average Bonchev–Trinajstić information content (AvgIpc) is 3.42. The van der Waals surface area contributed by atoms with Crippen molar-refractivity contribution in [1.82, 2.24) is 21.3 Å². The number of amides is 1.